The Kier molecular flexibility index (Phi) is 4.11. The van der Waals surface area contributed by atoms with Crippen LogP contribution in [0.5, 0.6) is 0 Å². The molecule has 3 nitrogen and oxygen atoms in total. The van der Waals surface area contributed by atoms with Crippen molar-refractivity contribution in [3.8, 4) is 0 Å². The van der Waals surface area contributed by atoms with Gasteiger partial charge < -0.3 is 4.57 Å². The zero-order chi connectivity index (χ0) is 10.4. The molecular weight excluding hydrogens is 176 g/mol. The summed E-state index contributed by atoms with van der Waals surface area (Å²) in [5.41, 5.74) is 0. The van der Waals surface area contributed by atoms with Gasteiger partial charge in [-0.2, -0.15) is 0 Å². The van der Waals surface area contributed by atoms with Crippen molar-refractivity contribution in [1.82, 2.24) is 9.55 Å². The van der Waals surface area contributed by atoms with Crippen LogP contribution in [0, 0.1) is 0 Å². The molecule has 76 valence electrons. The van der Waals surface area contributed by atoms with Crippen LogP contribution in [-0.2, 0) is 7.05 Å². The number of nitrogens with zero attached hydrogens (tertiary/aromatic N) is 2. The number of hydrogen-bond donors (Lipinski definition) is 0. The molecule has 1 aromatic heterocycles. The molecule has 3 heteroatoms. The normalized spacial score (nSPS) is 11.0. The molecule has 0 amide bonds. The van der Waals surface area contributed by atoms with E-state index in [0.29, 0.717) is 5.82 Å². The zero-order valence-corrected chi connectivity index (χ0v) is 8.73. The molecule has 1 rings (SSSR count). The lowest BCUT2D eigenvalue weighted by atomic mass is 10.2. The van der Waals surface area contributed by atoms with E-state index < -0.39 is 0 Å². The third-order valence-electron chi connectivity index (χ3n) is 2.04. The van der Waals surface area contributed by atoms with Crippen LogP contribution in [0.2, 0.25) is 0 Å². The molecule has 0 bridgehead atoms. The van der Waals surface area contributed by atoms with Crippen molar-refractivity contribution in [2.45, 2.75) is 26.2 Å². The van der Waals surface area contributed by atoms with E-state index in [1.807, 2.05) is 13.1 Å². The second kappa shape index (κ2) is 5.37. The third-order valence-corrected chi connectivity index (χ3v) is 2.04. The summed E-state index contributed by atoms with van der Waals surface area (Å²) in [5, 5.41) is 0. The van der Waals surface area contributed by atoms with Gasteiger partial charge in [-0.1, -0.05) is 25.8 Å². The molecule has 0 spiro atoms. The van der Waals surface area contributed by atoms with Gasteiger partial charge in [-0.05, 0) is 12.5 Å². The number of aromatic nitrogens is 2. The van der Waals surface area contributed by atoms with Crippen molar-refractivity contribution in [2.75, 3.05) is 0 Å². The topological polar surface area (TPSA) is 34.9 Å². The van der Waals surface area contributed by atoms with Gasteiger partial charge in [-0.25, -0.2) is 4.98 Å². The van der Waals surface area contributed by atoms with Crippen LogP contribution in [0.3, 0.4) is 0 Å². The molecule has 0 aliphatic carbocycles. The van der Waals surface area contributed by atoms with E-state index in [1.54, 1.807) is 23.0 Å². The van der Waals surface area contributed by atoms with Gasteiger partial charge in [0.15, 0.2) is 5.82 Å². The van der Waals surface area contributed by atoms with Gasteiger partial charge in [-0.3, -0.25) is 4.79 Å². The van der Waals surface area contributed by atoms with E-state index >= 15 is 0 Å². The standard InChI is InChI=1S/C11H16N2O/c1-3-4-5-6-7-10(14)11-12-8-9-13(11)2/h6-9H,3-5H2,1-2H3/b7-6+. The molecule has 0 atom stereocenters. The fourth-order valence-electron chi connectivity index (χ4n) is 1.19. The first-order chi connectivity index (χ1) is 6.75. The Morgan fingerprint density at radius 1 is 1.64 bits per heavy atom. The first-order valence-electron chi connectivity index (χ1n) is 4.94. The van der Waals surface area contributed by atoms with Crippen molar-refractivity contribution >= 4 is 5.78 Å². The maximum absolute atomic E-state index is 11.5. The Balaban J connectivity index is 2.51. The molecule has 0 aliphatic heterocycles. The smallest absolute Gasteiger partial charge is 0.220 e. The molecule has 0 aromatic carbocycles. The maximum atomic E-state index is 11.5. The van der Waals surface area contributed by atoms with E-state index in [-0.39, 0.29) is 5.78 Å². The van der Waals surface area contributed by atoms with Crippen LogP contribution >= 0.6 is 0 Å². The van der Waals surface area contributed by atoms with E-state index in [0.717, 1.165) is 19.3 Å². The average molecular weight is 192 g/mol. The average Bonchev–Trinajstić information content (AvgIpc) is 2.59. The Morgan fingerprint density at radius 2 is 2.43 bits per heavy atom. The maximum Gasteiger partial charge on any atom is 0.220 e. The van der Waals surface area contributed by atoms with Gasteiger partial charge in [0.05, 0.1) is 0 Å². The summed E-state index contributed by atoms with van der Waals surface area (Å²) in [6.07, 6.45) is 10.2. The van der Waals surface area contributed by atoms with Gasteiger partial charge >= 0.3 is 0 Å². The summed E-state index contributed by atoms with van der Waals surface area (Å²) >= 11 is 0. The van der Waals surface area contributed by atoms with Gasteiger partial charge in [0.1, 0.15) is 0 Å². The van der Waals surface area contributed by atoms with Crippen LogP contribution in [0.4, 0.5) is 0 Å². The number of imidazole rings is 1. The highest BCUT2D eigenvalue weighted by Gasteiger charge is 2.05. The Labute approximate surface area is 84.5 Å². The molecular formula is C11H16N2O. The van der Waals surface area contributed by atoms with E-state index in [1.165, 1.54) is 0 Å². The number of ketones is 1. The molecule has 0 saturated heterocycles. The second-order valence-electron chi connectivity index (χ2n) is 3.27. The molecule has 1 heterocycles. The van der Waals surface area contributed by atoms with Crippen LogP contribution < -0.4 is 0 Å². The Bertz CT molecular complexity index is 326. The quantitative estimate of drug-likeness (QED) is 0.408. The number of hydrogen-bond acceptors (Lipinski definition) is 2. The number of rotatable bonds is 5. The first-order valence-corrected chi connectivity index (χ1v) is 4.94. The summed E-state index contributed by atoms with van der Waals surface area (Å²) in [6.45, 7) is 2.13. The highest BCUT2D eigenvalue weighted by molar-refractivity contribution is 6.01. The predicted molar refractivity (Wildman–Crippen MR) is 56.2 cm³/mol. The lowest BCUT2D eigenvalue weighted by Gasteiger charge is -1.95. The Morgan fingerprint density at radius 3 is 3.00 bits per heavy atom. The Hall–Kier alpha value is -1.38. The minimum Gasteiger partial charge on any atom is -0.331 e. The molecule has 0 fully saturated rings. The largest absolute Gasteiger partial charge is 0.331 e. The van der Waals surface area contributed by atoms with Crippen molar-refractivity contribution in [2.24, 2.45) is 7.05 Å². The fourth-order valence-corrected chi connectivity index (χ4v) is 1.19. The summed E-state index contributed by atoms with van der Waals surface area (Å²) in [7, 11) is 1.82. The summed E-state index contributed by atoms with van der Waals surface area (Å²) in [5.74, 6) is 0.478. The van der Waals surface area contributed by atoms with Crippen LogP contribution in [0.25, 0.3) is 0 Å². The van der Waals surface area contributed by atoms with Crippen LogP contribution in [-0.4, -0.2) is 15.3 Å². The molecule has 0 saturated carbocycles. The van der Waals surface area contributed by atoms with E-state index in [9.17, 15) is 4.79 Å². The molecule has 0 radical (unpaired) electrons. The van der Waals surface area contributed by atoms with Crippen molar-refractivity contribution in [1.29, 1.82) is 0 Å². The second-order valence-corrected chi connectivity index (χ2v) is 3.27. The van der Waals surface area contributed by atoms with Crippen molar-refractivity contribution in [3.05, 3.63) is 30.4 Å². The van der Waals surface area contributed by atoms with Gasteiger partial charge in [0, 0.05) is 19.4 Å². The fraction of sp³-hybridized carbons (Fsp3) is 0.455. The highest BCUT2D eigenvalue weighted by Crippen LogP contribution is 2.00. The van der Waals surface area contributed by atoms with E-state index in [2.05, 4.69) is 11.9 Å². The molecule has 14 heavy (non-hydrogen) atoms. The number of aryl methyl sites for hydroxylation is 1. The van der Waals surface area contributed by atoms with Crippen LogP contribution in [0.1, 0.15) is 36.8 Å². The SMILES string of the molecule is CCCC/C=C/C(=O)c1nccn1C. The lowest BCUT2D eigenvalue weighted by Crippen LogP contribution is -2.03. The molecule has 0 N–H and O–H groups in total. The number of allylic oxidation sites excluding steroid dienone is 2. The summed E-state index contributed by atoms with van der Waals surface area (Å²) < 4.78 is 1.73. The number of carbonyl (C=O) groups is 1. The predicted octanol–water partition coefficient (Wildman–Crippen LogP) is 2.35. The van der Waals surface area contributed by atoms with E-state index in [4.69, 9.17) is 0 Å². The highest BCUT2D eigenvalue weighted by atomic mass is 16.1. The minimum atomic E-state index is -0.0198. The van der Waals surface area contributed by atoms with Gasteiger partial charge in [0.25, 0.3) is 0 Å². The van der Waals surface area contributed by atoms with Crippen LogP contribution in [0.15, 0.2) is 24.5 Å². The zero-order valence-electron chi connectivity index (χ0n) is 8.73. The lowest BCUT2D eigenvalue weighted by molar-refractivity contribution is 0.103. The molecule has 1 aromatic rings. The molecule has 0 unspecified atom stereocenters. The van der Waals surface area contributed by atoms with Gasteiger partial charge in [-0.15, -0.1) is 0 Å². The summed E-state index contributed by atoms with van der Waals surface area (Å²) in [4.78, 5) is 15.5. The van der Waals surface area contributed by atoms with Crippen molar-refractivity contribution in [3.63, 3.8) is 0 Å². The summed E-state index contributed by atoms with van der Waals surface area (Å²) in [6, 6.07) is 0. The third kappa shape index (κ3) is 2.83. The number of unbranched alkanes of at least 4 members (excludes halogenated alkanes) is 2. The minimum absolute atomic E-state index is 0.0198. The van der Waals surface area contributed by atoms with Gasteiger partial charge in [0.2, 0.25) is 5.78 Å². The van der Waals surface area contributed by atoms with Crippen molar-refractivity contribution < 1.29 is 4.79 Å². The number of carbonyl (C=O) groups excluding carboxylic acids is 1. The first kappa shape index (κ1) is 10.7. The molecule has 0 aliphatic rings. The monoisotopic (exact) mass is 192 g/mol.